The van der Waals surface area contributed by atoms with Crippen molar-refractivity contribution in [2.45, 2.75) is 32.7 Å². The van der Waals surface area contributed by atoms with Gasteiger partial charge in [-0.25, -0.2) is 13.8 Å². The molecule has 5 nitrogen and oxygen atoms in total. The van der Waals surface area contributed by atoms with Gasteiger partial charge in [-0.1, -0.05) is 12.1 Å². The SMILES string of the molecule is COc1cc(/C=C2\CCCN(C(C)c3ccc(F)cc3F)C2=O)ccc1-n1cnc(C)c1. The van der Waals surface area contributed by atoms with Crippen LogP contribution in [-0.2, 0) is 4.79 Å². The third-order valence-electron chi connectivity index (χ3n) is 5.80. The average molecular weight is 437 g/mol. The van der Waals surface area contributed by atoms with Gasteiger partial charge in [0, 0.05) is 29.9 Å². The molecule has 0 N–H and O–H groups in total. The molecule has 166 valence electrons. The van der Waals surface area contributed by atoms with Crippen LogP contribution in [0.25, 0.3) is 11.8 Å². The number of aromatic nitrogens is 2. The molecule has 1 aliphatic rings. The van der Waals surface area contributed by atoms with Crippen LogP contribution in [0.5, 0.6) is 5.75 Å². The van der Waals surface area contributed by atoms with Crippen LogP contribution in [0.2, 0.25) is 0 Å². The second kappa shape index (κ2) is 8.94. The van der Waals surface area contributed by atoms with E-state index >= 15 is 0 Å². The Kier molecular flexibility index (Phi) is 6.08. The number of aryl methyl sites for hydroxylation is 1. The molecular weight excluding hydrogens is 412 g/mol. The Morgan fingerprint density at radius 2 is 2.00 bits per heavy atom. The predicted molar refractivity (Wildman–Crippen MR) is 119 cm³/mol. The maximum Gasteiger partial charge on any atom is 0.250 e. The van der Waals surface area contributed by atoms with Crippen molar-refractivity contribution in [2.24, 2.45) is 0 Å². The molecule has 0 spiro atoms. The number of hydrogen-bond donors (Lipinski definition) is 0. The molecule has 1 aliphatic heterocycles. The molecule has 1 aromatic heterocycles. The number of amides is 1. The summed E-state index contributed by atoms with van der Waals surface area (Å²) < 4.78 is 35.0. The van der Waals surface area contributed by atoms with E-state index in [4.69, 9.17) is 4.74 Å². The third kappa shape index (κ3) is 4.28. The lowest BCUT2D eigenvalue weighted by Crippen LogP contribution is -2.39. The first-order chi connectivity index (χ1) is 15.4. The molecule has 0 aliphatic carbocycles. The first-order valence-corrected chi connectivity index (χ1v) is 10.5. The Labute approximate surface area is 186 Å². The Bertz CT molecular complexity index is 1190. The first kappa shape index (κ1) is 21.7. The average Bonchev–Trinajstić information content (AvgIpc) is 3.20. The topological polar surface area (TPSA) is 47.4 Å². The summed E-state index contributed by atoms with van der Waals surface area (Å²) in [5, 5.41) is 0. The highest BCUT2D eigenvalue weighted by Crippen LogP contribution is 2.31. The zero-order chi connectivity index (χ0) is 22.8. The maximum atomic E-state index is 14.3. The van der Waals surface area contributed by atoms with Gasteiger partial charge in [-0.15, -0.1) is 0 Å². The number of likely N-dealkylation sites (tertiary alicyclic amines) is 1. The number of rotatable bonds is 5. The van der Waals surface area contributed by atoms with Crippen LogP contribution < -0.4 is 4.74 Å². The number of hydrogen-bond acceptors (Lipinski definition) is 3. The van der Waals surface area contributed by atoms with E-state index in [2.05, 4.69) is 4.98 Å². The molecule has 0 radical (unpaired) electrons. The van der Waals surface area contributed by atoms with Crippen molar-refractivity contribution < 1.29 is 18.3 Å². The van der Waals surface area contributed by atoms with Crippen molar-refractivity contribution in [3.63, 3.8) is 0 Å². The lowest BCUT2D eigenvalue weighted by molar-refractivity contribution is -0.130. The Hall–Kier alpha value is -3.48. The van der Waals surface area contributed by atoms with E-state index in [1.807, 2.05) is 42.0 Å². The number of benzene rings is 2. The fourth-order valence-corrected chi connectivity index (χ4v) is 4.10. The molecule has 4 rings (SSSR count). The standard InChI is InChI=1S/C25H25F2N3O2/c1-16-14-29(15-28-16)23-9-6-18(12-24(23)32-3)11-19-5-4-10-30(25(19)31)17(2)21-8-7-20(26)13-22(21)27/h6-9,11-15,17H,4-5,10H2,1-3H3/b19-11+. The molecule has 7 heteroatoms. The van der Waals surface area contributed by atoms with Crippen molar-refractivity contribution >= 4 is 12.0 Å². The van der Waals surface area contributed by atoms with Gasteiger partial charge in [0.25, 0.3) is 0 Å². The summed E-state index contributed by atoms with van der Waals surface area (Å²) >= 11 is 0. The highest BCUT2D eigenvalue weighted by atomic mass is 19.1. The van der Waals surface area contributed by atoms with E-state index in [1.54, 1.807) is 25.3 Å². The van der Waals surface area contributed by atoms with Crippen LogP contribution in [0.1, 0.15) is 42.6 Å². The molecule has 2 heterocycles. The largest absolute Gasteiger partial charge is 0.495 e. The Balaban J connectivity index is 1.60. The molecular formula is C25H25F2N3O2. The number of carbonyl (C=O) groups excluding carboxylic acids is 1. The van der Waals surface area contributed by atoms with Gasteiger partial charge >= 0.3 is 0 Å². The minimum atomic E-state index is -0.642. The number of ether oxygens (including phenoxy) is 1. The van der Waals surface area contributed by atoms with Crippen LogP contribution in [0.3, 0.4) is 0 Å². The second-order valence-electron chi connectivity index (χ2n) is 7.97. The van der Waals surface area contributed by atoms with Crippen LogP contribution >= 0.6 is 0 Å². The van der Waals surface area contributed by atoms with E-state index in [0.29, 0.717) is 29.9 Å². The number of imidazole rings is 1. The highest BCUT2D eigenvalue weighted by Gasteiger charge is 2.29. The fraction of sp³-hybridized carbons (Fsp3) is 0.280. The molecule has 0 saturated carbocycles. The van der Waals surface area contributed by atoms with E-state index in [-0.39, 0.29) is 5.91 Å². The Morgan fingerprint density at radius 1 is 1.19 bits per heavy atom. The lowest BCUT2D eigenvalue weighted by Gasteiger charge is -2.34. The molecule has 1 unspecified atom stereocenters. The molecule has 1 amide bonds. The van der Waals surface area contributed by atoms with Gasteiger partial charge in [0.1, 0.15) is 17.4 Å². The molecule has 1 fully saturated rings. The molecule has 32 heavy (non-hydrogen) atoms. The first-order valence-electron chi connectivity index (χ1n) is 10.5. The van der Waals surface area contributed by atoms with Crippen molar-refractivity contribution in [2.75, 3.05) is 13.7 Å². The number of halogens is 2. The summed E-state index contributed by atoms with van der Waals surface area (Å²) in [5.74, 6) is -0.747. The van der Waals surface area contributed by atoms with E-state index in [0.717, 1.165) is 29.4 Å². The van der Waals surface area contributed by atoms with E-state index in [1.165, 1.54) is 12.1 Å². The summed E-state index contributed by atoms with van der Waals surface area (Å²) in [4.78, 5) is 19.1. The Morgan fingerprint density at radius 3 is 2.69 bits per heavy atom. The van der Waals surface area contributed by atoms with Crippen LogP contribution in [0.15, 0.2) is 54.5 Å². The van der Waals surface area contributed by atoms with Gasteiger partial charge in [0.05, 0.1) is 30.9 Å². The van der Waals surface area contributed by atoms with Gasteiger partial charge in [-0.05, 0) is 56.5 Å². The number of methoxy groups -OCH3 is 1. The van der Waals surface area contributed by atoms with E-state index < -0.39 is 17.7 Å². The second-order valence-corrected chi connectivity index (χ2v) is 7.97. The van der Waals surface area contributed by atoms with Crippen molar-refractivity contribution in [1.82, 2.24) is 14.5 Å². The normalized spacial score (nSPS) is 16.5. The van der Waals surface area contributed by atoms with Gasteiger partial charge in [-0.3, -0.25) is 4.79 Å². The van der Waals surface area contributed by atoms with Crippen LogP contribution in [0, 0.1) is 18.6 Å². The minimum absolute atomic E-state index is 0.138. The molecule has 1 atom stereocenters. The van der Waals surface area contributed by atoms with E-state index in [9.17, 15) is 13.6 Å². The van der Waals surface area contributed by atoms with Gasteiger partial charge in [0.2, 0.25) is 5.91 Å². The van der Waals surface area contributed by atoms with Gasteiger partial charge in [0.15, 0.2) is 0 Å². The lowest BCUT2D eigenvalue weighted by atomic mass is 9.97. The maximum absolute atomic E-state index is 14.3. The fourth-order valence-electron chi connectivity index (χ4n) is 4.10. The van der Waals surface area contributed by atoms with Crippen LogP contribution in [0.4, 0.5) is 8.78 Å². The summed E-state index contributed by atoms with van der Waals surface area (Å²) in [7, 11) is 1.60. The molecule has 2 aromatic carbocycles. The molecule has 0 bridgehead atoms. The van der Waals surface area contributed by atoms with Crippen molar-refractivity contribution in [3.05, 3.63) is 83.0 Å². The van der Waals surface area contributed by atoms with Crippen molar-refractivity contribution in [1.29, 1.82) is 0 Å². The number of carbonyl (C=O) groups is 1. The smallest absolute Gasteiger partial charge is 0.250 e. The summed E-state index contributed by atoms with van der Waals surface area (Å²) in [5.41, 5.74) is 3.56. The summed E-state index contributed by atoms with van der Waals surface area (Å²) in [6, 6.07) is 8.72. The van der Waals surface area contributed by atoms with Crippen LogP contribution in [-0.4, -0.2) is 34.0 Å². The predicted octanol–water partition coefficient (Wildman–Crippen LogP) is 5.23. The van der Waals surface area contributed by atoms with Crippen molar-refractivity contribution in [3.8, 4) is 11.4 Å². The van der Waals surface area contributed by atoms with Gasteiger partial charge in [-0.2, -0.15) is 0 Å². The number of nitrogens with zero attached hydrogens (tertiary/aromatic N) is 3. The minimum Gasteiger partial charge on any atom is -0.495 e. The highest BCUT2D eigenvalue weighted by molar-refractivity contribution is 5.98. The molecule has 1 saturated heterocycles. The summed E-state index contributed by atoms with van der Waals surface area (Å²) in [6.07, 6.45) is 6.90. The number of piperidine rings is 1. The molecule has 3 aromatic rings. The van der Waals surface area contributed by atoms with Gasteiger partial charge < -0.3 is 14.2 Å². The third-order valence-corrected chi connectivity index (χ3v) is 5.80. The quantitative estimate of drug-likeness (QED) is 0.513. The zero-order valence-electron chi connectivity index (χ0n) is 18.3. The monoisotopic (exact) mass is 437 g/mol. The summed E-state index contributed by atoms with van der Waals surface area (Å²) in [6.45, 7) is 4.21. The zero-order valence-corrected chi connectivity index (χ0v) is 18.3.